The molecule has 1 aliphatic carbocycles. The lowest BCUT2D eigenvalue weighted by Gasteiger charge is -2.17. The van der Waals surface area contributed by atoms with Crippen molar-refractivity contribution in [3.8, 4) is 0 Å². The average Bonchev–Trinajstić information content (AvgIpc) is 3.35. The molecule has 0 radical (unpaired) electrons. The number of amides is 2. The number of rotatable bonds is 5. The predicted molar refractivity (Wildman–Crippen MR) is 97.2 cm³/mol. The van der Waals surface area contributed by atoms with E-state index in [1.54, 1.807) is 18.2 Å². The number of para-hydroxylation sites is 1. The Morgan fingerprint density at radius 2 is 1.85 bits per heavy atom. The Balaban J connectivity index is 1.29. The highest BCUT2D eigenvalue weighted by atomic mass is 19.1. The van der Waals surface area contributed by atoms with Gasteiger partial charge in [-0.25, -0.2) is 4.39 Å². The van der Waals surface area contributed by atoms with Crippen LogP contribution in [0.3, 0.4) is 0 Å². The number of hydrogen-bond acceptors (Lipinski definition) is 2. The average molecular weight is 352 g/mol. The number of nitrogens with zero attached hydrogens (tertiary/aromatic N) is 1. The van der Waals surface area contributed by atoms with Crippen LogP contribution in [-0.2, 0) is 22.4 Å². The lowest BCUT2D eigenvalue weighted by atomic mass is 10.1. The van der Waals surface area contributed by atoms with Crippen molar-refractivity contribution in [1.82, 2.24) is 5.32 Å². The topological polar surface area (TPSA) is 49.4 Å². The van der Waals surface area contributed by atoms with Gasteiger partial charge in [-0.15, -0.1) is 0 Å². The molecule has 2 aliphatic rings. The van der Waals surface area contributed by atoms with Gasteiger partial charge in [0.1, 0.15) is 5.82 Å². The van der Waals surface area contributed by atoms with E-state index in [1.165, 1.54) is 11.6 Å². The molecule has 0 bridgehead atoms. The Kier molecular flexibility index (Phi) is 4.45. The van der Waals surface area contributed by atoms with Crippen molar-refractivity contribution < 1.29 is 14.0 Å². The van der Waals surface area contributed by atoms with Crippen LogP contribution in [0.1, 0.15) is 17.5 Å². The lowest BCUT2D eigenvalue weighted by Crippen LogP contribution is -2.33. The highest BCUT2D eigenvalue weighted by Gasteiger charge is 2.50. The molecule has 2 aromatic rings. The van der Waals surface area contributed by atoms with Crippen LogP contribution in [0.4, 0.5) is 10.1 Å². The zero-order valence-corrected chi connectivity index (χ0v) is 14.5. The van der Waals surface area contributed by atoms with Gasteiger partial charge in [-0.3, -0.25) is 9.59 Å². The Labute approximate surface area is 152 Å². The first kappa shape index (κ1) is 16.8. The summed E-state index contributed by atoms with van der Waals surface area (Å²) < 4.78 is 13.6. The monoisotopic (exact) mass is 352 g/mol. The molecular weight excluding hydrogens is 331 g/mol. The molecule has 0 spiro atoms. The molecule has 1 saturated carbocycles. The standard InChI is InChI=1S/C21H21FN2O2/c22-18-7-3-1-5-14(18)9-11-23-20(25)16-13-17(16)21(26)24-12-10-15-6-2-4-8-19(15)24/h1-8,16-17H,9-13H2,(H,23,25). The van der Waals surface area contributed by atoms with Crippen LogP contribution >= 0.6 is 0 Å². The molecule has 4 rings (SSSR count). The maximum atomic E-state index is 13.6. The quantitative estimate of drug-likeness (QED) is 0.899. The van der Waals surface area contributed by atoms with E-state index >= 15 is 0 Å². The maximum Gasteiger partial charge on any atom is 0.230 e. The van der Waals surface area contributed by atoms with Crippen LogP contribution in [-0.4, -0.2) is 24.9 Å². The zero-order valence-electron chi connectivity index (χ0n) is 14.5. The number of anilines is 1. The summed E-state index contributed by atoms with van der Waals surface area (Å²) in [6.07, 6.45) is 1.92. The van der Waals surface area contributed by atoms with Crippen molar-refractivity contribution in [2.24, 2.45) is 11.8 Å². The van der Waals surface area contributed by atoms with E-state index in [4.69, 9.17) is 0 Å². The summed E-state index contributed by atoms with van der Waals surface area (Å²) >= 11 is 0. The van der Waals surface area contributed by atoms with Crippen LogP contribution in [0, 0.1) is 17.7 Å². The van der Waals surface area contributed by atoms with E-state index in [-0.39, 0.29) is 29.5 Å². The molecule has 0 saturated heterocycles. The minimum atomic E-state index is -0.256. The molecule has 1 fully saturated rings. The van der Waals surface area contributed by atoms with Gasteiger partial charge in [0, 0.05) is 18.8 Å². The number of halogens is 1. The molecule has 1 heterocycles. The van der Waals surface area contributed by atoms with Crippen LogP contribution in [0.2, 0.25) is 0 Å². The minimum absolute atomic E-state index is 0.0456. The molecular formula is C21H21FN2O2. The van der Waals surface area contributed by atoms with Gasteiger partial charge < -0.3 is 10.2 Å². The molecule has 4 nitrogen and oxygen atoms in total. The van der Waals surface area contributed by atoms with Gasteiger partial charge in [0.2, 0.25) is 11.8 Å². The van der Waals surface area contributed by atoms with E-state index in [2.05, 4.69) is 5.32 Å². The summed E-state index contributed by atoms with van der Waals surface area (Å²) in [6, 6.07) is 14.5. The van der Waals surface area contributed by atoms with Gasteiger partial charge in [0.15, 0.2) is 0 Å². The van der Waals surface area contributed by atoms with Crippen LogP contribution < -0.4 is 10.2 Å². The fourth-order valence-electron chi connectivity index (χ4n) is 3.68. The third kappa shape index (κ3) is 3.21. The summed E-state index contributed by atoms with van der Waals surface area (Å²) in [5.74, 6) is -0.796. The fraction of sp³-hybridized carbons (Fsp3) is 0.333. The predicted octanol–water partition coefficient (Wildman–Crippen LogP) is 2.71. The van der Waals surface area contributed by atoms with Gasteiger partial charge in [0.05, 0.1) is 11.8 Å². The summed E-state index contributed by atoms with van der Waals surface area (Å²) in [6.45, 7) is 1.07. The summed E-state index contributed by atoms with van der Waals surface area (Å²) in [5.41, 5.74) is 2.75. The van der Waals surface area contributed by atoms with Gasteiger partial charge >= 0.3 is 0 Å². The second-order valence-electron chi connectivity index (χ2n) is 6.95. The molecule has 0 aromatic heterocycles. The Morgan fingerprint density at radius 3 is 2.69 bits per heavy atom. The number of nitrogens with one attached hydrogen (secondary N) is 1. The molecule has 1 aliphatic heterocycles. The molecule has 5 heteroatoms. The summed E-state index contributed by atoms with van der Waals surface area (Å²) in [4.78, 5) is 26.8. The van der Waals surface area contributed by atoms with Crippen molar-refractivity contribution in [2.75, 3.05) is 18.0 Å². The fourth-order valence-corrected chi connectivity index (χ4v) is 3.68. The van der Waals surface area contributed by atoms with Crippen molar-refractivity contribution in [3.05, 3.63) is 65.5 Å². The first-order chi connectivity index (χ1) is 12.6. The molecule has 1 N–H and O–H groups in total. The zero-order chi connectivity index (χ0) is 18.1. The molecule has 2 unspecified atom stereocenters. The normalized spacial score (nSPS) is 20.6. The van der Waals surface area contributed by atoms with Crippen LogP contribution in [0.15, 0.2) is 48.5 Å². The van der Waals surface area contributed by atoms with Crippen LogP contribution in [0.5, 0.6) is 0 Å². The van der Waals surface area contributed by atoms with E-state index in [0.29, 0.717) is 31.5 Å². The second-order valence-corrected chi connectivity index (χ2v) is 6.95. The number of benzene rings is 2. The highest BCUT2D eigenvalue weighted by molar-refractivity contribution is 6.02. The third-order valence-corrected chi connectivity index (χ3v) is 5.25. The molecule has 134 valence electrons. The van der Waals surface area contributed by atoms with Crippen molar-refractivity contribution >= 4 is 17.5 Å². The molecule has 26 heavy (non-hydrogen) atoms. The number of fused-ring (bicyclic) bond motifs is 1. The first-order valence-corrected chi connectivity index (χ1v) is 9.05. The van der Waals surface area contributed by atoms with Crippen LogP contribution in [0.25, 0.3) is 0 Å². The largest absolute Gasteiger partial charge is 0.356 e. The molecule has 2 atom stereocenters. The van der Waals surface area contributed by atoms with E-state index in [1.807, 2.05) is 29.2 Å². The summed E-state index contributed by atoms with van der Waals surface area (Å²) in [5, 5.41) is 2.84. The summed E-state index contributed by atoms with van der Waals surface area (Å²) in [7, 11) is 0. The second kappa shape index (κ2) is 6.90. The lowest BCUT2D eigenvalue weighted by molar-refractivity contribution is -0.126. The minimum Gasteiger partial charge on any atom is -0.356 e. The van der Waals surface area contributed by atoms with Gasteiger partial charge in [0.25, 0.3) is 0 Å². The smallest absolute Gasteiger partial charge is 0.230 e. The number of carbonyl (C=O) groups is 2. The van der Waals surface area contributed by atoms with E-state index < -0.39 is 0 Å². The van der Waals surface area contributed by atoms with E-state index in [9.17, 15) is 14.0 Å². The number of carbonyl (C=O) groups excluding carboxylic acids is 2. The van der Waals surface area contributed by atoms with E-state index in [0.717, 1.165) is 12.1 Å². The Bertz CT molecular complexity index is 851. The number of hydrogen-bond donors (Lipinski definition) is 1. The van der Waals surface area contributed by atoms with Crippen molar-refractivity contribution in [2.45, 2.75) is 19.3 Å². The van der Waals surface area contributed by atoms with Gasteiger partial charge in [-0.2, -0.15) is 0 Å². The van der Waals surface area contributed by atoms with Gasteiger partial charge in [-0.05, 0) is 42.5 Å². The molecule has 2 aromatic carbocycles. The Hall–Kier alpha value is -2.69. The Morgan fingerprint density at radius 1 is 1.08 bits per heavy atom. The maximum absolute atomic E-state index is 13.6. The van der Waals surface area contributed by atoms with Crippen molar-refractivity contribution in [1.29, 1.82) is 0 Å². The first-order valence-electron chi connectivity index (χ1n) is 9.05. The van der Waals surface area contributed by atoms with Gasteiger partial charge in [-0.1, -0.05) is 36.4 Å². The molecule has 2 amide bonds. The SMILES string of the molecule is O=C(NCCc1ccccc1F)C1CC1C(=O)N1CCc2ccccc21. The third-order valence-electron chi connectivity index (χ3n) is 5.25. The highest BCUT2D eigenvalue weighted by Crippen LogP contribution is 2.42. The van der Waals surface area contributed by atoms with Crippen molar-refractivity contribution in [3.63, 3.8) is 0 Å².